The number of halogens is 1. The van der Waals surface area contributed by atoms with Crippen molar-refractivity contribution < 1.29 is 24.2 Å². The van der Waals surface area contributed by atoms with E-state index in [1.807, 2.05) is 0 Å². The third-order valence-electron chi connectivity index (χ3n) is 5.51. The summed E-state index contributed by atoms with van der Waals surface area (Å²) in [5.74, 6) is -0.906. The molecular weight excluding hydrogens is 406 g/mol. The number of amides is 1. The van der Waals surface area contributed by atoms with Crippen LogP contribution in [0.1, 0.15) is 30.0 Å². The topological polar surface area (TPSA) is 76.1 Å². The monoisotopic (exact) mass is 427 g/mol. The minimum Gasteiger partial charge on any atom is -0.507 e. The van der Waals surface area contributed by atoms with Crippen molar-refractivity contribution in [2.45, 2.75) is 25.0 Å². The highest BCUT2D eigenvalue weighted by molar-refractivity contribution is 6.46. The summed E-state index contributed by atoms with van der Waals surface area (Å²) in [5, 5.41) is 11.5. The van der Waals surface area contributed by atoms with E-state index in [4.69, 9.17) is 21.1 Å². The molecule has 6 nitrogen and oxygen atoms in total. The minimum absolute atomic E-state index is 0.0606. The molecule has 0 radical (unpaired) electrons. The summed E-state index contributed by atoms with van der Waals surface area (Å²) in [6.07, 6.45) is 1.63. The third kappa shape index (κ3) is 3.80. The minimum atomic E-state index is -0.712. The molecule has 0 unspecified atom stereocenters. The van der Waals surface area contributed by atoms with Crippen molar-refractivity contribution in [1.82, 2.24) is 4.90 Å². The lowest BCUT2D eigenvalue weighted by molar-refractivity contribution is -0.140. The van der Waals surface area contributed by atoms with Crippen molar-refractivity contribution in [3.63, 3.8) is 0 Å². The molecule has 2 aliphatic heterocycles. The molecule has 0 aromatic heterocycles. The van der Waals surface area contributed by atoms with Crippen LogP contribution in [0.3, 0.4) is 0 Å². The summed E-state index contributed by atoms with van der Waals surface area (Å²) in [4.78, 5) is 27.4. The van der Waals surface area contributed by atoms with Gasteiger partial charge in [0.2, 0.25) is 0 Å². The number of likely N-dealkylation sites (tertiary alicyclic amines) is 1. The number of aliphatic hydroxyl groups is 1. The number of Topliss-reactive ketones (excluding diaryl/α,β-unsaturated/α-hetero) is 1. The van der Waals surface area contributed by atoms with Crippen LogP contribution in [-0.2, 0) is 14.3 Å². The maximum atomic E-state index is 13.0. The first kappa shape index (κ1) is 20.4. The Kier molecular flexibility index (Phi) is 5.79. The van der Waals surface area contributed by atoms with Gasteiger partial charge >= 0.3 is 0 Å². The second kappa shape index (κ2) is 8.50. The number of ketones is 1. The van der Waals surface area contributed by atoms with Gasteiger partial charge in [0.1, 0.15) is 11.5 Å². The third-order valence-corrected chi connectivity index (χ3v) is 5.77. The van der Waals surface area contributed by atoms with E-state index in [0.29, 0.717) is 35.1 Å². The quantitative estimate of drug-likeness (QED) is 0.444. The van der Waals surface area contributed by atoms with Gasteiger partial charge in [-0.3, -0.25) is 9.59 Å². The van der Waals surface area contributed by atoms with Crippen LogP contribution in [0, 0.1) is 0 Å². The van der Waals surface area contributed by atoms with Crippen LogP contribution in [0.5, 0.6) is 5.75 Å². The molecule has 2 saturated heterocycles. The molecule has 2 aliphatic rings. The second-order valence-electron chi connectivity index (χ2n) is 7.37. The number of hydrogen-bond acceptors (Lipinski definition) is 5. The van der Waals surface area contributed by atoms with Crippen LogP contribution in [0.4, 0.5) is 0 Å². The Morgan fingerprint density at radius 1 is 1.17 bits per heavy atom. The number of aliphatic hydroxyl groups excluding tert-OH is 1. The van der Waals surface area contributed by atoms with Crippen molar-refractivity contribution >= 4 is 29.1 Å². The zero-order chi connectivity index (χ0) is 21.3. The van der Waals surface area contributed by atoms with Crippen LogP contribution in [0.15, 0.2) is 54.1 Å². The van der Waals surface area contributed by atoms with Gasteiger partial charge in [-0.15, -0.1) is 0 Å². The second-order valence-corrected chi connectivity index (χ2v) is 7.80. The van der Waals surface area contributed by atoms with Gasteiger partial charge in [-0.1, -0.05) is 23.7 Å². The Bertz CT molecular complexity index is 978. The molecule has 156 valence electrons. The van der Waals surface area contributed by atoms with Crippen LogP contribution in [0.25, 0.3) is 5.76 Å². The fourth-order valence-corrected chi connectivity index (χ4v) is 4.10. The average Bonchev–Trinajstić information content (AvgIpc) is 3.36. The number of carbonyl (C=O) groups excluding carboxylic acids is 2. The molecule has 4 rings (SSSR count). The molecule has 30 heavy (non-hydrogen) atoms. The fraction of sp³-hybridized carbons (Fsp3) is 0.304. The van der Waals surface area contributed by atoms with Crippen LogP contribution in [-0.4, -0.2) is 48.1 Å². The smallest absolute Gasteiger partial charge is 0.295 e. The molecule has 1 N–H and O–H groups in total. The van der Waals surface area contributed by atoms with Gasteiger partial charge in [-0.25, -0.2) is 0 Å². The molecule has 2 heterocycles. The van der Waals surface area contributed by atoms with Crippen molar-refractivity contribution in [2.24, 2.45) is 0 Å². The van der Waals surface area contributed by atoms with E-state index < -0.39 is 17.7 Å². The fourth-order valence-electron chi connectivity index (χ4n) is 3.97. The number of benzene rings is 2. The van der Waals surface area contributed by atoms with E-state index in [9.17, 15) is 14.7 Å². The summed E-state index contributed by atoms with van der Waals surface area (Å²) in [7, 11) is 1.57. The number of nitrogens with zero attached hydrogens (tertiary/aromatic N) is 1. The van der Waals surface area contributed by atoms with Gasteiger partial charge < -0.3 is 19.5 Å². The summed E-state index contributed by atoms with van der Waals surface area (Å²) >= 11 is 5.95. The Hall–Kier alpha value is -2.83. The average molecular weight is 428 g/mol. The Morgan fingerprint density at radius 3 is 2.47 bits per heavy atom. The predicted molar refractivity (Wildman–Crippen MR) is 112 cm³/mol. The predicted octanol–water partition coefficient (Wildman–Crippen LogP) is 3.95. The van der Waals surface area contributed by atoms with E-state index in [2.05, 4.69) is 0 Å². The highest BCUT2D eigenvalue weighted by Crippen LogP contribution is 2.40. The Morgan fingerprint density at radius 2 is 1.87 bits per heavy atom. The number of ether oxygens (including phenoxy) is 2. The van der Waals surface area contributed by atoms with Crippen molar-refractivity contribution in [3.8, 4) is 5.75 Å². The first-order valence-corrected chi connectivity index (χ1v) is 10.2. The first-order chi connectivity index (χ1) is 14.5. The molecule has 0 saturated carbocycles. The van der Waals surface area contributed by atoms with E-state index in [1.54, 1.807) is 55.6 Å². The Labute approximate surface area is 179 Å². The van der Waals surface area contributed by atoms with E-state index in [-0.39, 0.29) is 17.4 Å². The van der Waals surface area contributed by atoms with Crippen molar-refractivity contribution in [1.29, 1.82) is 0 Å². The van der Waals surface area contributed by atoms with Gasteiger partial charge in [0, 0.05) is 23.7 Å². The van der Waals surface area contributed by atoms with Crippen LogP contribution < -0.4 is 4.74 Å². The van der Waals surface area contributed by atoms with Gasteiger partial charge in [-0.05, 0) is 54.8 Å². The van der Waals surface area contributed by atoms with Gasteiger partial charge in [0.15, 0.2) is 0 Å². The molecule has 0 spiro atoms. The molecule has 2 aromatic rings. The molecule has 1 amide bonds. The largest absolute Gasteiger partial charge is 0.507 e. The summed E-state index contributed by atoms with van der Waals surface area (Å²) < 4.78 is 10.9. The number of methoxy groups -OCH3 is 1. The van der Waals surface area contributed by atoms with E-state index >= 15 is 0 Å². The maximum absolute atomic E-state index is 13.0. The molecule has 0 aliphatic carbocycles. The molecule has 0 bridgehead atoms. The molecular formula is C23H22ClNO5. The van der Waals surface area contributed by atoms with Gasteiger partial charge in [0.25, 0.3) is 11.7 Å². The zero-order valence-electron chi connectivity index (χ0n) is 16.5. The number of carbonyl (C=O) groups is 2. The molecule has 2 aromatic carbocycles. The lowest BCUT2D eigenvalue weighted by Crippen LogP contribution is -2.36. The van der Waals surface area contributed by atoms with Crippen LogP contribution >= 0.6 is 11.6 Å². The Balaban J connectivity index is 1.80. The summed E-state index contributed by atoms with van der Waals surface area (Å²) in [5.41, 5.74) is 1.20. The lowest BCUT2D eigenvalue weighted by atomic mass is 9.95. The zero-order valence-corrected chi connectivity index (χ0v) is 17.3. The maximum Gasteiger partial charge on any atom is 0.295 e. The van der Waals surface area contributed by atoms with E-state index in [0.717, 1.165) is 12.8 Å². The molecule has 2 atom stereocenters. The molecule has 2 fully saturated rings. The summed E-state index contributed by atoms with van der Waals surface area (Å²) in [6, 6.07) is 12.9. The highest BCUT2D eigenvalue weighted by atomic mass is 35.5. The normalized spacial score (nSPS) is 23.2. The van der Waals surface area contributed by atoms with Crippen molar-refractivity contribution in [3.05, 3.63) is 70.3 Å². The molecule has 7 heteroatoms. The summed E-state index contributed by atoms with van der Waals surface area (Å²) in [6.45, 7) is 0.936. The number of rotatable bonds is 5. The lowest BCUT2D eigenvalue weighted by Gasteiger charge is -2.27. The van der Waals surface area contributed by atoms with Crippen molar-refractivity contribution in [2.75, 3.05) is 20.3 Å². The first-order valence-electron chi connectivity index (χ1n) is 9.79. The number of hydrogen-bond donors (Lipinski definition) is 1. The standard InChI is InChI=1S/C23H22ClNO5/c1-29-17-10-6-14(7-11-17)20-19(21(26)15-4-8-16(24)9-5-15)22(27)23(28)25(20)13-18-3-2-12-30-18/h4-11,18,20,26H,2-3,12-13H2,1H3/b21-19+/t18-,20-/m0/s1. The van der Waals surface area contributed by atoms with Gasteiger partial charge in [-0.2, -0.15) is 0 Å². The van der Waals surface area contributed by atoms with Gasteiger partial charge in [0.05, 0.1) is 24.8 Å². The van der Waals surface area contributed by atoms with Crippen LogP contribution in [0.2, 0.25) is 5.02 Å². The van der Waals surface area contributed by atoms with E-state index in [1.165, 1.54) is 4.90 Å². The highest BCUT2D eigenvalue weighted by Gasteiger charge is 2.47. The SMILES string of the molecule is COc1ccc([C@H]2/C(=C(\O)c3ccc(Cl)cc3)C(=O)C(=O)N2C[C@@H]2CCCO2)cc1.